The summed E-state index contributed by atoms with van der Waals surface area (Å²) in [5.74, 6) is -0.122. The first-order valence-electron chi connectivity index (χ1n) is 6.66. The van der Waals surface area contributed by atoms with E-state index in [1.807, 2.05) is 24.3 Å². The minimum atomic E-state index is -0.245. The number of fused-ring (bicyclic) bond motifs is 1. The van der Waals surface area contributed by atoms with Crippen LogP contribution in [0.25, 0.3) is 11.0 Å². The number of aromatic nitrogens is 2. The zero-order valence-electron chi connectivity index (χ0n) is 11.1. The third-order valence-electron chi connectivity index (χ3n) is 3.09. The van der Waals surface area contributed by atoms with Crippen LogP contribution in [0.4, 0.5) is 0 Å². The van der Waals surface area contributed by atoms with Crippen LogP contribution in [0.5, 0.6) is 0 Å². The minimum Gasteiger partial charge on any atom is -0.355 e. The second-order valence-corrected chi connectivity index (χ2v) is 4.59. The number of benzene rings is 1. The van der Waals surface area contributed by atoms with Gasteiger partial charge < -0.3 is 10.3 Å². The van der Waals surface area contributed by atoms with Gasteiger partial charge in [-0.3, -0.25) is 9.36 Å². The lowest BCUT2D eigenvalue weighted by Crippen LogP contribution is -2.31. The smallest absolute Gasteiger partial charge is 0.326 e. The second-order valence-electron chi connectivity index (χ2n) is 4.59. The van der Waals surface area contributed by atoms with Crippen molar-refractivity contribution >= 4 is 16.9 Å². The largest absolute Gasteiger partial charge is 0.355 e. The molecule has 1 amide bonds. The zero-order valence-corrected chi connectivity index (χ0v) is 11.1. The molecule has 19 heavy (non-hydrogen) atoms. The van der Waals surface area contributed by atoms with Crippen LogP contribution in [-0.2, 0) is 11.3 Å². The highest BCUT2D eigenvalue weighted by Gasteiger charge is 2.09. The van der Waals surface area contributed by atoms with E-state index in [2.05, 4.69) is 17.2 Å². The fraction of sp³-hybridized carbons (Fsp3) is 0.429. The van der Waals surface area contributed by atoms with Gasteiger partial charge in [-0.1, -0.05) is 31.9 Å². The molecule has 2 aromatic rings. The molecule has 2 N–H and O–H groups in total. The van der Waals surface area contributed by atoms with Crippen molar-refractivity contribution in [1.82, 2.24) is 14.9 Å². The highest BCUT2D eigenvalue weighted by molar-refractivity contribution is 5.80. The van der Waals surface area contributed by atoms with E-state index in [1.54, 1.807) is 0 Å². The molecule has 0 saturated heterocycles. The molecular weight excluding hydrogens is 242 g/mol. The van der Waals surface area contributed by atoms with Crippen LogP contribution in [-0.4, -0.2) is 22.0 Å². The van der Waals surface area contributed by atoms with Crippen LogP contribution < -0.4 is 11.0 Å². The number of carbonyl (C=O) groups is 1. The number of imidazole rings is 1. The molecule has 0 atom stereocenters. The van der Waals surface area contributed by atoms with Gasteiger partial charge in [0.15, 0.2) is 0 Å². The summed E-state index contributed by atoms with van der Waals surface area (Å²) in [6.07, 6.45) is 3.20. The lowest BCUT2D eigenvalue weighted by molar-refractivity contribution is -0.121. The number of hydrogen-bond donors (Lipinski definition) is 2. The highest BCUT2D eigenvalue weighted by atomic mass is 16.2. The zero-order chi connectivity index (χ0) is 13.7. The Balaban J connectivity index is 2.03. The first kappa shape index (κ1) is 13.4. The standard InChI is InChI=1S/C14H19N3O2/c1-2-3-6-9-15-13(18)10-17-12-8-5-4-7-11(12)16-14(17)19/h4-5,7-8H,2-3,6,9-10H2,1H3,(H,15,18)(H,16,19). The summed E-state index contributed by atoms with van der Waals surface area (Å²) in [6.45, 7) is 2.85. The predicted molar refractivity (Wildman–Crippen MR) is 75.1 cm³/mol. The molecule has 0 aliphatic carbocycles. The van der Waals surface area contributed by atoms with E-state index in [-0.39, 0.29) is 18.1 Å². The Hall–Kier alpha value is -2.04. The third-order valence-corrected chi connectivity index (χ3v) is 3.09. The number of H-pyrrole nitrogens is 1. The first-order chi connectivity index (χ1) is 9.22. The summed E-state index contributed by atoms with van der Waals surface area (Å²) in [6, 6.07) is 7.36. The Kier molecular flexibility index (Phi) is 4.39. The third kappa shape index (κ3) is 3.24. The molecule has 0 aliphatic rings. The topological polar surface area (TPSA) is 66.9 Å². The molecule has 1 aromatic heterocycles. The maximum atomic E-state index is 11.8. The van der Waals surface area contributed by atoms with Gasteiger partial charge in [0.2, 0.25) is 5.91 Å². The molecule has 0 aliphatic heterocycles. The Morgan fingerprint density at radius 3 is 2.89 bits per heavy atom. The fourth-order valence-electron chi connectivity index (χ4n) is 2.07. The van der Waals surface area contributed by atoms with Crippen molar-refractivity contribution in [2.24, 2.45) is 0 Å². The van der Waals surface area contributed by atoms with Crippen LogP contribution >= 0.6 is 0 Å². The van der Waals surface area contributed by atoms with Gasteiger partial charge in [0.25, 0.3) is 0 Å². The van der Waals surface area contributed by atoms with E-state index >= 15 is 0 Å². The molecular formula is C14H19N3O2. The number of carbonyl (C=O) groups excluding carboxylic acids is 1. The number of nitrogens with zero attached hydrogens (tertiary/aromatic N) is 1. The number of nitrogens with one attached hydrogen (secondary N) is 2. The van der Waals surface area contributed by atoms with E-state index in [0.29, 0.717) is 6.54 Å². The number of amides is 1. The monoisotopic (exact) mass is 261 g/mol. The van der Waals surface area contributed by atoms with Gasteiger partial charge in [0.05, 0.1) is 11.0 Å². The molecule has 5 heteroatoms. The van der Waals surface area contributed by atoms with Crippen molar-refractivity contribution in [2.45, 2.75) is 32.7 Å². The summed E-state index contributed by atoms with van der Waals surface area (Å²) < 4.78 is 1.46. The van der Waals surface area contributed by atoms with Gasteiger partial charge in [-0.25, -0.2) is 4.79 Å². The molecule has 1 aromatic carbocycles. The SMILES string of the molecule is CCCCCNC(=O)Cn1c(=O)[nH]c2ccccc21. The van der Waals surface area contributed by atoms with Crippen molar-refractivity contribution < 1.29 is 4.79 Å². The Morgan fingerprint density at radius 1 is 1.32 bits per heavy atom. The molecule has 0 spiro atoms. The van der Waals surface area contributed by atoms with E-state index in [0.717, 1.165) is 30.3 Å². The number of rotatable bonds is 6. The Labute approximate surface area is 111 Å². The van der Waals surface area contributed by atoms with Crippen LogP contribution in [0.3, 0.4) is 0 Å². The van der Waals surface area contributed by atoms with Crippen LogP contribution in [0.1, 0.15) is 26.2 Å². The van der Waals surface area contributed by atoms with Crippen molar-refractivity contribution in [3.8, 4) is 0 Å². The Bertz CT molecular complexity index is 612. The summed E-state index contributed by atoms with van der Waals surface area (Å²) >= 11 is 0. The number of unbranched alkanes of at least 4 members (excludes halogenated alkanes) is 2. The first-order valence-corrected chi connectivity index (χ1v) is 6.66. The van der Waals surface area contributed by atoms with Crippen LogP contribution in [0, 0.1) is 0 Å². The molecule has 102 valence electrons. The van der Waals surface area contributed by atoms with Crippen molar-refractivity contribution in [1.29, 1.82) is 0 Å². The fourth-order valence-corrected chi connectivity index (χ4v) is 2.07. The summed E-state index contributed by atoms with van der Waals surface area (Å²) in [7, 11) is 0. The number of para-hydroxylation sites is 2. The van der Waals surface area contributed by atoms with E-state index < -0.39 is 0 Å². The summed E-state index contributed by atoms with van der Waals surface area (Å²) in [5, 5.41) is 2.84. The van der Waals surface area contributed by atoms with Gasteiger partial charge in [0, 0.05) is 6.54 Å². The molecule has 0 fully saturated rings. The maximum Gasteiger partial charge on any atom is 0.326 e. The van der Waals surface area contributed by atoms with E-state index in [9.17, 15) is 9.59 Å². The molecule has 2 rings (SSSR count). The number of hydrogen-bond acceptors (Lipinski definition) is 2. The van der Waals surface area contributed by atoms with Crippen LogP contribution in [0.2, 0.25) is 0 Å². The molecule has 1 heterocycles. The highest BCUT2D eigenvalue weighted by Crippen LogP contribution is 2.08. The Morgan fingerprint density at radius 2 is 2.11 bits per heavy atom. The average Bonchev–Trinajstić information content (AvgIpc) is 2.72. The van der Waals surface area contributed by atoms with Gasteiger partial charge in [-0.2, -0.15) is 0 Å². The van der Waals surface area contributed by atoms with Gasteiger partial charge in [-0.05, 0) is 18.6 Å². The van der Waals surface area contributed by atoms with Crippen molar-refractivity contribution in [3.63, 3.8) is 0 Å². The van der Waals surface area contributed by atoms with Gasteiger partial charge in [-0.15, -0.1) is 0 Å². The molecule has 0 unspecified atom stereocenters. The van der Waals surface area contributed by atoms with Gasteiger partial charge in [0.1, 0.15) is 6.54 Å². The van der Waals surface area contributed by atoms with Crippen molar-refractivity contribution in [3.05, 3.63) is 34.7 Å². The quantitative estimate of drug-likeness (QED) is 0.776. The lowest BCUT2D eigenvalue weighted by atomic mass is 10.2. The predicted octanol–water partition coefficient (Wildman–Crippen LogP) is 1.64. The van der Waals surface area contributed by atoms with Crippen LogP contribution in [0.15, 0.2) is 29.1 Å². The van der Waals surface area contributed by atoms with E-state index in [1.165, 1.54) is 4.57 Å². The maximum absolute atomic E-state index is 11.8. The lowest BCUT2D eigenvalue weighted by Gasteiger charge is -2.05. The minimum absolute atomic E-state index is 0.0645. The second kappa shape index (κ2) is 6.22. The van der Waals surface area contributed by atoms with E-state index in [4.69, 9.17) is 0 Å². The molecule has 0 saturated carbocycles. The van der Waals surface area contributed by atoms with Gasteiger partial charge >= 0.3 is 5.69 Å². The number of aromatic amines is 1. The molecule has 0 bridgehead atoms. The molecule has 0 radical (unpaired) electrons. The molecule has 5 nitrogen and oxygen atoms in total. The average molecular weight is 261 g/mol. The normalized spacial score (nSPS) is 10.8. The van der Waals surface area contributed by atoms with Crippen molar-refractivity contribution in [2.75, 3.05) is 6.54 Å². The summed E-state index contributed by atoms with van der Waals surface area (Å²) in [4.78, 5) is 26.3. The summed E-state index contributed by atoms with van der Waals surface area (Å²) in [5.41, 5.74) is 1.27.